The minimum atomic E-state index is 0.761. The first-order valence-corrected chi connectivity index (χ1v) is 8.68. The highest BCUT2D eigenvalue weighted by atomic mass is 15.2. The van der Waals surface area contributed by atoms with Crippen molar-refractivity contribution in [2.24, 2.45) is 5.92 Å². The summed E-state index contributed by atoms with van der Waals surface area (Å²) in [6, 6.07) is 3.77. The van der Waals surface area contributed by atoms with Gasteiger partial charge in [0.2, 0.25) is 0 Å². The molecule has 1 aromatic rings. The van der Waals surface area contributed by atoms with E-state index in [1.54, 1.807) is 0 Å². The number of aromatic nitrogens is 1. The molecule has 0 amide bonds. The van der Waals surface area contributed by atoms with Gasteiger partial charge >= 0.3 is 0 Å². The number of anilines is 1. The molecule has 3 saturated carbocycles. The molecule has 0 saturated heterocycles. The lowest BCUT2D eigenvalue weighted by Gasteiger charge is -2.27. The fourth-order valence-electron chi connectivity index (χ4n) is 3.21. The minimum Gasteiger partial charge on any atom is -0.353 e. The summed E-state index contributed by atoms with van der Waals surface area (Å²) in [5.74, 6) is 2.22. The summed E-state index contributed by atoms with van der Waals surface area (Å²) < 4.78 is 0. The van der Waals surface area contributed by atoms with Crippen molar-refractivity contribution >= 4 is 5.82 Å². The van der Waals surface area contributed by atoms with Crippen LogP contribution in [0.25, 0.3) is 0 Å². The Bertz CT molecular complexity index is 528. The Hall–Kier alpha value is -1.09. The van der Waals surface area contributed by atoms with Gasteiger partial charge in [0.25, 0.3) is 0 Å². The maximum atomic E-state index is 4.96. The lowest BCUT2D eigenvalue weighted by Crippen LogP contribution is -2.31. The molecular formula is C18H27N3. The van der Waals surface area contributed by atoms with Crippen LogP contribution in [0.5, 0.6) is 0 Å². The van der Waals surface area contributed by atoms with Crippen molar-refractivity contribution in [3.63, 3.8) is 0 Å². The highest BCUT2D eigenvalue weighted by Gasteiger charge is 2.36. The third kappa shape index (κ3) is 3.23. The third-order valence-corrected chi connectivity index (χ3v) is 5.01. The van der Waals surface area contributed by atoms with Crippen LogP contribution >= 0.6 is 0 Å². The number of nitrogens with zero attached hydrogens (tertiary/aromatic N) is 2. The van der Waals surface area contributed by atoms with Gasteiger partial charge in [0.15, 0.2) is 0 Å². The molecule has 1 N–H and O–H groups in total. The summed E-state index contributed by atoms with van der Waals surface area (Å²) in [5, 5.41) is 3.69. The fraction of sp³-hybridized carbons (Fsp3) is 0.722. The molecule has 3 fully saturated rings. The van der Waals surface area contributed by atoms with Gasteiger partial charge in [-0.1, -0.05) is 0 Å². The second kappa shape index (κ2) is 5.28. The van der Waals surface area contributed by atoms with Gasteiger partial charge in [0.05, 0.1) is 0 Å². The standard InChI is InChI=1S/C18H27N3/c1-12-9-13(2)20-18(17(12)10-19-15-5-6-15)21(16-7-8-16)11-14-3-4-14/h9,14-16,19H,3-8,10-11H2,1-2H3. The van der Waals surface area contributed by atoms with E-state index in [1.165, 1.54) is 67.7 Å². The van der Waals surface area contributed by atoms with Crippen LogP contribution in [0.3, 0.4) is 0 Å². The molecule has 0 radical (unpaired) electrons. The second-order valence-electron chi connectivity index (χ2n) is 7.36. The smallest absolute Gasteiger partial charge is 0.133 e. The molecule has 3 aliphatic carbocycles. The fourth-order valence-corrected chi connectivity index (χ4v) is 3.21. The third-order valence-electron chi connectivity index (χ3n) is 5.01. The molecule has 1 heterocycles. The van der Waals surface area contributed by atoms with Crippen molar-refractivity contribution in [3.05, 3.63) is 22.9 Å². The first kappa shape index (κ1) is 13.6. The molecule has 0 aromatic carbocycles. The van der Waals surface area contributed by atoms with Gasteiger partial charge in [-0.2, -0.15) is 0 Å². The van der Waals surface area contributed by atoms with E-state index in [-0.39, 0.29) is 0 Å². The number of nitrogens with one attached hydrogen (secondary N) is 1. The van der Waals surface area contributed by atoms with Crippen LogP contribution in [0.2, 0.25) is 0 Å². The average Bonchev–Trinajstić information content (AvgIpc) is 3.29. The van der Waals surface area contributed by atoms with Gasteiger partial charge in [-0.25, -0.2) is 4.98 Å². The van der Waals surface area contributed by atoms with Crippen LogP contribution in [0.4, 0.5) is 5.82 Å². The van der Waals surface area contributed by atoms with E-state index in [1.807, 2.05) is 0 Å². The zero-order chi connectivity index (χ0) is 14.4. The topological polar surface area (TPSA) is 28.2 Å². The monoisotopic (exact) mass is 285 g/mol. The van der Waals surface area contributed by atoms with E-state index in [0.717, 1.165) is 24.5 Å². The Balaban J connectivity index is 1.62. The molecule has 0 atom stereocenters. The Labute approximate surface area is 128 Å². The molecule has 21 heavy (non-hydrogen) atoms. The average molecular weight is 285 g/mol. The number of rotatable bonds is 7. The first-order valence-electron chi connectivity index (χ1n) is 8.68. The van der Waals surface area contributed by atoms with Crippen LogP contribution in [-0.4, -0.2) is 23.6 Å². The molecular weight excluding hydrogens is 258 g/mol. The Morgan fingerprint density at radius 2 is 1.90 bits per heavy atom. The molecule has 4 rings (SSSR count). The van der Waals surface area contributed by atoms with Crippen LogP contribution < -0.4 is 10.2 Å². The van der Waals surface area contributed by atoms with Gasteiger partial charge in [0.1, 0.15) is 5.82 Å². The summed E-state index contributed by atoms with van der Waals surface area (Å²) >= 11 is 0. The van der Waals surface area contributed by atoms with Crippen LogP contribution in [0.15, 0.2) is 6.07 Å². The van der Waals surface area contributed by atoms with Gasteiger partial charge in [-0.3, -0.25) is 0 Å². The van der Waals surface area contributed by atoms with Crippen LogP contribution in [-0.2, 0) is 6.54 Å². The Morgan fingerprint density at radius 3 is 2.52 bits per heavy atom. The molecule has 0 aliphatic heterocycles. The molecule has 0 unspecified atom stereocenters. The highest BCUT2D eigenvalue weighted by Crippen LogP contribution is 2.39. The summed E-state index contributed by atoms with van der Waals surface area (Å²) in [7, 11) is 0. The molecule has 114 valence electrons. The predicted octanol–water partition coefficient (Wildman–Crippen LogP) is 3.33. The van der Waals surface area contributed by atoms with Crippen molar-refractivity contribution in [2.45, 2.75) is 71.0 Å². The van der Waals surface area contributed by atoms with Crippen molar-refractivity contribution in [3.8, 4) is 0 Å². The van der Waals surface area contributed by atoms with Crippen LogP contribution in [0, 0.1) is 19.8 Å². The normalized spacial score (nSPS) is 21.6. The number of pyridine rings is 1. The van der Waals surface area contributed by atoms with Gasteiger partial charge < -0.3 is 10.2 Å². The maximum Gasteiger partial charge on any atom is 0.133 e. The molecule has 1 aromatic heterocycles. The lowest BCUT2D eigenvalue weighted by molar-refractivity contribution is 0.663. The van der Waals surface area contributed by atoms with Crippen LogP contribution in [0.1, 0.15) is 55.3 Å². The minimum absolute atomic E-state index is 0.761. The second-order valence-corrected chi connectivity index (χ2v) is 7.36. The van der Waals surface area contributed by atoms with Crippen molar-refractivity contribution in [1.29, 1.82) is 0 Å². The predicted molar refractivity (Wildman–Crippen MR) is 86.7 cm³/mol. The zero-order valence-corrected chi connectivity index (χ0v) is 13.4. The molecule has 3 nitrogen and oxygen atoms in total. The van der Waals surface area contributed by atoms with Crippen molar-refractivity contribution in [1.82, 2.24) is 10.3 Å². The lowest BCUT2D eigenvalue weighted by atomic mass is 10.1. The molecule has 3 aliphatic rings. The summed E-state index contributed by atoms with van der Waals surface area (Å²) in [6.07, 6.45) is 8.26. The highest BCUT2D eigenvalue weighted by molar-refractivity contribution is 5.53. The van der Waals surface area contributed by atoms with Crippen molar-refractivity contribution in [2.75, 3.05) is 11.4 Å². The molecule has 3 heteroatoms. The van der Waals surface area contributed by atoms with Gasteiger partial charge in [0, 0.05) is 36.4 Å². The largest absolute Gasteiger partial charge is 0.353 e. The molecule has 0 spiro atoms. The van der Waals surface area contributed by atoms with E-state index >= 15 is 0 Å². The van der Waals surface area contributed by atoms with E-state index in [4.69, 9.17) is 4.98 Å². The van der Waals surface area contributed by atoms with E-state index in [9.17, 15) is 0 Å². The first-order chi connectivity index (χ1) is 10.2. The van der Waals surface area contributed by atoms with E-state index in [2.05, 4.69) is 30.1 Å². The quantitative estimate of drug-likeness (QED) is 0.833. The maximum absolute atomic E-state index is 4.96. The number of hydrogen-bond donors (Lipinski definition) is 1. The Morgan fingerprint density at radius 1 is 1.14 bits per heavy atom. The summed E-state index contributed by atoms with van der Waals surface area (Å²) in [4.78, 5) is 7.60. The number of hydrogen-bond acceptors (Lipinski definition) is 3. The Kier molecular flexibility index (Phi) is 3.41. The van der Waals surface area contributed by atoms with Gasteiger partial charge in [-0.05, 0) is 69.9 Å². The van der Waals surface area contributed by atoms with E-state index < -0.39 is 0 Å². The summed E-state index contributed by atoms with van der Waals surface area (Å²) in [6.45, 7) is 6.62. The summed E-state index contributed by atoms with van der Waals surface area (Å²) in [5.41, 5.74) is 4.02. The zero-order valence-electron chi connectivity index (χ0n) is 13.4. The van der Waals surface area contributed by atoms with Crippen molar-refractivity contribution < 1.29 is 0 Å². The molecule has 0 bridgehead atoms. The number of aryl methyl sites for hydroxylation is 2. The van der Waals surface area contributed by atoms with Gasteiger partial charge in [-0.15, -0.1) is 0 Å². The van der Waals surface area contributed by atoms with E-state index in [0.29, 0.717) is 0 Å². The SMILES string of the molecule is Cc1cc(C)c(CNC2CC2)c(N(CC2CC2)C2CC2)n1.